The fourth-order valence-corrected chi connectivity index (χ4v) is 3.37. The molecule has 0 unspecified atom stereocenters. The van der Waals surface area contributed by atoms with E-state index in [1.165, 1.54) is 6.07 Å². The largest absolute Gasteiger partial charge is 0.511 e. The quantitative estimate of drug-likeness (QED) is 0.183. The number of rotatable bonds is 10. The number of esters is 1. The molecule has 2 rings (SSSR count). The minimum absolute atomic E-state index is 0.0168. The van der Waals surface area contributed by atoms with Crippen molar-refractivity contribution in [3.63, 3.8) is 0 Å². The van der Waals surface area contributed by atoms with Gasteiger partial charge < -0.3 is 28.7 Å². The van der Waals surface area contributed by atoms with Gasteiger partial charge in [0, 0.05) is 23.1 Å². The minimum atomic E-state index is -4.90. The molecule has 0 aromatic heterocycles. The summed E-state index contributed by atoms with van der Waals surface area (Å²) in [6.07, 6.45) is -7.69. The van der Waals surface area contributed by atoms with Crippen molar-refractivity contribution in [2.45, 2.75) is 19.2 Å². The molecular weight excluding hydrogens is 537 g/mol. The second-order valence-corrected chi connectivity index (χ2v) is 7.85. The first-order chi connectivity index (χ1) is 15.9. The standard InChI is InChI=1S/C19H20BrF3N2O9/c1-11-7-13(20)8-12-9-14(16(19(21,22)23)34-15(11)12)17(26)31-10-32-18(27)30-5-3-24(2)4-6-33-25(28)29/h7-9,16H,3-6,10H2,1-2H3/t16-/m0/s1. The van der Waals surface area contributed by atoms with Gasteiger partial charge in [0.15, 0.2) is 0 Å². The van der Waals surface area contributed by atoms with Gasteiger partial charge in [-0.05, 0) is 37.7 Å². The molecule has 34 heavy (non-hydrogen) atoms. The summed E-state index contributed by atoms with van der Waals surface area (Å²) in [5.41, 5.74) is -0.134. The van der Waals surface area contributed by atoms with Crippen LogP contribution >= 0.6 is 15.9 Å². The molecule has 0 saturated carbocycles. The van der Waals surface area contributed by atoms with Crippen LogP contribution in [0.2, 0.25) is 0 Å². The van der Waals surface area contributed by atoms with Crippen LogP contribution in [0, 0.1) is 17.0 Å². The van der Waals surface area contributed by atoms with Gasteiger partial charge in [-0.25, -0.2) is 9.59 Å². The molecule has 0 amide bonds. The second-order valence-electron chi connectivity index (χ2n) is 6.93. The molecule has 11 nitrogen and oxygen atoms in total. The molecule has 1 atom stereocenters. The molecule has 0 spiro atoms. The van der Waals surface area contributed by atoms with Gasteiger partial charge >= 0.3 is 18.3 Å². The van der Waals surface area contributed by atoms with Crippen LogP contribution in [0.5, 0.6) is 5.75 Å². The number of ether oxygens (including phenoxy) is 4. The summed E-state index contributed by atoms with van der Waals surface area (Å²) in [5, 5.41) is 9.12. The van der Waals surface area contributed by atoms with E-state index in [9.17, 15) is 32.9 Å². The first-order valence-corrected chi connectivity index (χ1v) is 10.4. The van der Waals surface area contributed by atoms with Gasteiger partial charge in [0.1, 0.15) is 19.0 Å². The maximum absolute atomic E-state index is 13.5. The summed E-state index contributed by atoms with van der Waals surface area (Å²) in [6, 6.07) is 3.05. The number of benzene rings is 1. The van der Waals surface area contributed by atoms with Crippen molar-refractivity contribution in [3.8, 4) is 5.75 Å². The van der Waals surface area contributed by atoms with Crippen molar-refractivity contribution < 1.29 is 51.6 Å². The Kier molecular flexibility index (Phi) is 9.49. The molecule has 0 aliphatic carbocycles. The van der Waals surface area contributed by atoms with Crippen molar-refractivity contribution in [1.29, 1.82) is 0 Å². The van der Waals surface area contributed by atoms with E-state index in [4.69, 9.17) is 9.47 Å². The van der Waals surface area contributed by atoms with Crippen molar-refractivity contribution in [1.82, 2.24) is 4.90 Å². The molecule has 0 saturated heterocycles. The van der Waals surface area contributed by atoms with Crippen LogP contribution in [0.3, 0.4) is 0 Å². The predicted octanol–water partition coefficient (Wildman–Crippen LogP) is 3.26. The normalized spacial score (nSPS) is 15.0. The van der Waals surface area contributed by atoms with Crippen molar-refractivity contribution in [2.75, 3.05) is 40.1 Å². The van der Waals surface area contributed by atoms with E-state index in [0.717, 1.165) is 6.08 Å². The number of hydrogen-bond acceptors (Lipinski definition) is 10. The van der Waals surface area contributed by atoms with Gasteiger partial charge in [-0.2, -0.15) is 13.2 Å². The molecule has 1 aromatic rings. The number of nitrogens with zero attached hydrogens (tertiary/aromatic N) is 2. The molecule has 15 heteroatoms. The van der Waals surface area contributed by atoms with E-state index in [0.29, 0.717) is 10.0 Å². The Labute approximate surface area is 199 Å². The van der Waals surface area contributed by atoms with Crippen LogP contribution in [0.1, 0.15) is 11.1 Å². The van der Waals surface area contributed by atoms with Crippen LogP contribution in [0.4, 0.5) is 18.0 Å². The van der Waals surface area contributed by atoms with Crippen molar-refractivity contribution in [2.24, 2.45) is 0 Å². The van der Waals surface area contributed by atoms with E-state index < -0.39 is 41.9 Å². The number of aryl methyl sites for hydroxylation is 1. The molecule has 0 N–H and O–H groups in total. The van der Waals surface area contributed by atoms with E-state index in [-0.39, 0.29) is 37.6 Å². The molecule has 1 aliphatic heterocycles. The lowest BCUT2D eigenvalue weighted by Crippen LogP contribution is -2.41. The summed E-state index contributed by atoms with van der Waals surface area (Å²) >= 11 is 3.23. The lowest BCUT2D eigenvalue weighted by Gasteiger charge is -2.28. The summed E-state index contributed by atoms with van der Waals surface area (Å²) < 4.78 is 60.0. The fourth-order valence-electron chi connectivity index (χ4n) is 2.78. The zero-order valence-electron chi connectivity index (χ0n) is 17.9. The molecule has 0 fully saturated rings. The van der Waals surface area contributed by atoms with Gasteiger partial charge in [0.2, 0.25) is 12.9 Å². The maximum atomic E-state index is 13.5. The summed E-state index contributed by atoms with van der Waals surface area (Å²) in [5.74, 6) is -1.40. The Morgan fingerprint density at radius 1 is 1.21 bits per heavy atom. The summed E-state index contributed by atoms with van der Waals surface area (Å²) in [6.45, 7) is 0.600. The van der Waals surface area contributed by atoms with Crippen LogP contribution in [-0.2, 0) is 23.8 Å². The molecule has 1 aliphatic rings. The van der Waals surface area contributed by atoms with E-state index in [1.807, 2.05) is 0 Å². The highest BCUT2D eigenvalue weighted by atomic mass is 79.9. The van der Waals surface area contributed by atoms with E-state index >= 15 is 0 Å². The Morgan fingerprint density at radius 3 is 2.53 bits per heavy atom. The lowest BCUT2D eigenvalue weighted by molar-refractivity contribution is -0.757. The highest BCUT2D eigenvalue weighted by molar-refractivity contribution is 9.10. The van der Waals surface area contributed by atoms with E-state index in [2.05, 4.69) is 30.2 Å². The van der Waals surface area contributed by atoms with Crippen LogP contribution < -0.4 is 4.74 Å². The Hall–Kier alpha value is -3.07. The number of carbonyl (C=O) groups is 2. The van der Waals surface area contributed by atoms with Crippen molar-refractivity contribution in [3.05, 3.63) is 43.4 Å². The van der Waals surface area contributed by atoms with Crippen LogP contribution in [0.15, 0.2) is 22.2 Å². The monoisotopic (exact) mass is 556 g/mol. The number of halogens is 4. The summed E-state index contributed by atoms with van der Waals surface area (Å²) in [7, 11) is 1.59. The number of carbonyl (C=O) groups excluding carboxylic acids is 2. The average Bonchev–Trinajstić information content (AvgIpc) is 2.71. The number of fused-ring (bicyclic) bond motifs is 1. The zero-order chi connectivity index (χ0) is 25.5. The topological polar surface area (TPSA) is 127 Å². The zero-order valence-corrected chi connectivity index (χ0v) is 19.5. The van der Waals surface area contributed by atoms with Gasteiger partial charge in [-0.15, -0.1) is 10.1 Å². The second kappa shape index (κ2) is 11.9. The highest BCUT2D eigenvalue weighted by Crippen LogP contribution is 2.40. The smallest absolute Gasteiger partial charge is 0.475 e. The highest BCUT2D eigenvalue weighted by Gasteiger charge is 2.49. The predicted molar refractivity (Wildman–Crippen MR) is 111 cm³/mol. The minimum Gasteiger partial charge on any atom is -0.475 e. The number of hydrogen-bond donors (Lipinski definition) is 0. The molecule has 0 bridgehead atoms. The maximum Gasteiger partial charge on any atom is 0.511 e. The van der Waals surface area contributed by atoms with Crippen LogP contribution in [-0.4, -0.2) is 74.5 Å². The molecule has 188 valence electrons. The molecular formula is C19H20BrF3N2O9. The fraction of sp³-hybridized carbons (Fsp3) is 0.474. The third-order valence-corrected chi connectivity index (χ3v) is 4.82. The molecule has 1 aromatic carbocycles. The number of alkyl halides is 3. The molecule has 1 heterocycles. The third kappa shape index (κ3) is 8.06. The van der Waals surface area contributed by atoms with Crippen molar-refractivity contribution >= 4 is 34.1 Å². The third-order valence-electron chi connectivity index (χ3n) is 4.36. The first-order valence-electron chi connectivity index (χ1n) is 9.56. The van der Waals surface area contributed by atoms with Gasteiger partial charge in [-0.3, -0.25) is 0 Å². The van der Waals surface area contributed by atoms with Gasteiger partial charge in [0.05, 0.1) is 5.57 Å². The SMILES string of the molecule is Cc1cc(Br)cc2c1O[C@H](C(F)(F)F)C(C(=O)OCOC(=O)OCCN(C)CCO[N+](=O)[O-])=C2. The Balaban J connectivity index is 1.87. The lowest BCUT2D eigenvalue weighted by atomic mass is 9.99. The van der Waals surface area contributed by atoms with Gasteiger partial charge in [0.25, 0.3) is 5.09 Å². The molecule has 0 radical (unpaired) electrons. The van der Waals surface area contributed by atoms with E-state index in [1.54, 1.807) is 24.9 Å². The Morgan fingerprint density at radius 2 is 1.88 bits per heavy atom. The summed E-state index contributed by atoms with van der Waals surface area (Å²) in [4.78, 5) is 39.6. The van der Waals surface area contributed by atoms with Gasteiger partial charge in [-0.1, -0.05) is 15.9 Å². The Bertz CT molecular complexity index is 956. The van der Waals surface area contributed by atoms with Crippen LogP contribution in [0.25, 0.3) is 6.08 Å². The number of likely N-dealkylation sites (N-methyl/N-ethyl adjacent to an activating group) is 1. The average molecular weight is 557 g/mol. The first kappa shape index (κ1) is 27.2.